The van der Waals surface area contributed by atoms with Crippen molar-refractivity contribution in [2.45, 2.75) is 29.9 Å². The van der Waals surface area contributed by atoms with Gasteiger partial charge in [0.1, 0.15) is 5.82 Å². The first-order valence-electron chi connectivity index (χ1n) is 8.11. The summed E-state index contributed by atoms with van der Waals surface area (Å²) in [6.45, 7) is 5.32. The lowest BCUT2D eigenvalue weighted by atomic mass is 10.1. The minimum Gasteiger partial charge on any atom is -0.377 e. The normalized spacial score (nSPS) is 27.8. The molecule has 1 saturated heterocycles. The minimum atomic E-state index is -3.65. The van der Waals surface area contributed by atoms with Gasteiger partial charge in [0.25, 0.3) is 0 Å². The van der Waals surface area contributed by atoms with Crippen molar-refractivity contribution in [3.8, 4) is 0 Å². The molecule has 1 aromatic carbocycles. The van der Waals surface area contributed by atoms with Crippen molar-refractivity contribution in [1.82, 2.24) is 4.31 Å². The van der Waals surface area contributed by atoms with Gasteiger partial charge in [-0.1, -0.05) is 6.08 Å². The summed E-state index contributed by atoms with van der Waals surface area (Å²) in [7, 11) is -3.65. The number of halogens is 1. The predicted molar refractivity (Wildman–Crippen MR) is 87.6 cm³/mol. The Kier molecular flexibility index (Phi) is 5.34. The molecule has 7 heteroatoms. The zero-order valence-corrected chi connectivity index (χ0v) is 14.3. The predicted octanol–water partition coefficient (Wildman–Crippen LogP) is 2.20. The van der Waals surface area contributed by atoms with Crippen LogP contribution in [0.2, 0.25) is 0 Å². The summed E-state index contributed by atoms with van der Waals surface area (Å²) in [5.41, 5.74) is 0. The van der Waals surface area contributed by atoms with Gasteiger partial charge in [0.2, 0.25) is 10.0 Å². The van der Waals surface area contributed by atoms with Crippen LogP contribution in [-0.2, 0) is 19.5 Å². The van der Waals surface area contributed by atoms with Crippen LogP contribution in [0.5, 0.6) is 0 Å². The average molecular weight is 355 g/mol. The molecule has 0 unspecified atom stereocenters. The molecule has 0 bridgehead atoms. The second-order valence-corrected chi connectivity index (χ2v) is 8.03. The molecular weight excluding hydrogens is 333 g/mol. The number of nitrogens with zero attached hydrogens (tertiary/aromatic N) is 1. The van der Waals surface area contributed by atoms with Crippen LogP contribution in [-0.4, -0.2) is 51.2 Å². The molecule has 0 radical (unpaired) electrons. The van der Waals surface area contributed by atoms with Crippen LogP contribution < -0.4 is 0 Å². The molecule has 1 saturated carbocycles. The summed E-state index contributed by atoms with van der Waals surface area (Å²) in [5, 5.41) is 0. The Morgan fingerprint density at radius 1 is 1.33 bits per heavy atom. The largest absolute Gasteiger partial charge is 0.377 e. The molecule has 1 heterocycles. The average Bonchev–Trinajstić information content (AvgIpc) is 2.99. The maximum absolute atomic E-state index is 13.1. The number of hydrogen-bond donors (Lipinski definition) is 0. The molecular formula is C17H22FNO4S. The maximum atomic E-state index is 13.1. The number of hydrogen-bond acceptors (Lipinski definition) is 4. The molecule has 1 aromatic rings. The van der Waals surface area contributed by atoms with Crippen molar-refractivity contribution < 1.29 is 22.3 Å². The molecule has 5 nitrogen and oxygen atoms in total. The molecule has 2 aliphatic rings. The Bertz CT molecular complexity index is 676. The molecule has 1 aliphatic heterocycles. The van der Waals surface area contributed by atoms with Gasteiger partial charge in [-0.2, -0.15) is 4.31 Å². The van der Waals surface area contributed by atoms with E-state index in [2.05, 4.69) is 6.58 Å². The molecule has 3 atom stereocenters. The highest BCUT2D eigenvalue weighted by Gasteiger charge is 2.46. The maximum Gasteiger partial charge on any atom is 0.243 e. The van der Waals surface area contributed by atoms with E-state index in [1.807, 2.05) is 0 Å². The highest BCUT2D eigenvalue weighted by Crippen LogP contribution is 2.37. The van der Waals surface area contributed by atoms with Gasteiger partial charge in [-0.05, 0) is 37.1 Å². The zero-order chi connectivity index (χ0) is 17.2. The monoisotopic (exact) mass is 355 g/mol. The highest BCUT2D eigenvalue weighted by molar-refractivity contribution is 7.89. The summed E-state index contributed by atoms with van der Waals surface area (Å²) in [4.78, 5) is 0.121. The van der Waals surface area contributed by atoms with Gasteiger partial charge in [-0.25, -0.2) is 12.8 Å². The van der Waals surface area contributed by atoms with E-state index in [1.165, 1.54) is 28.6 Å². The van der Waals surface area contributed by atoms with Gasteiger partial charge in [0.05, 0.1) is 36.9 Å². The van der Waals surface area contributed by atoms with Crippen LogP contribution in [0, 0.1) is 11.7 Å². The molecule has 2 fully saturated rings. The lowest BCUT2D eigenvalue weighted by Gasteiger charge is -2.38. The van der Waals surface area contributed by atoms with E-state index in [1.54, 1.807) is 6.08 Å². The molecule has 24 heavy (non-hydrogen) atoms. The van der Waals surface area contributed by atoms with Crippen molar-refractivity contribution in [1.29, 1.82) is 0 Å². The van der Waals surface area contributed by atoms with Crippen molar-refractivity contribution in [2.75, 3.05) is 26.4 Å². The molecule has 0 aromatic heterocycles. The van der Waals surface area contributed by atoms with Gasteiger partial charge >= 0.3 is 0 Å². The number of morpholine rings is 1. The fourth-order valence-corrected chi connectivity index (χ4v) is 5.20. The summed E-state index contributed by atoms with van der Waals surface area (Å²) in [6.07, 6.45) is 3.15. The van der Waals surface area contributed by atoms with Crippen LogP contribution >= 0.6 is 0 Å². The van der Waals surface area contributed by atoms with E-state index in [4.69, 9.17) is 9.47 Å². The summed E-state index contributed by atoms with van der Waals surface area (Å²) in [6, 6.07) is 4.78. The van der Waals surface area contributed by atoms with Crippen molar-refractivity contribution in [2.24, 2.45) is 5.92 Å². The Labute approximate surface area is 142 Å². The third-order valence-electron chi connectivity index (χ3n) is 4.66. The summed E-state index contributed by atoms with van der Waals surface area (Å²) < 4.78 is 51.8. The highest BCUT2D eigenvalue weighted by atomic mass is 32.2. The van der Waals surface area contributed by atoms with Gasteiger partial charge in [0.15, 0.2) is 0 Å². The second-order valence-electron chi connectivity index (χ2n) is 6.14. The van der Waals surface area contributed by atoms with Gasteiger partial charge in [-0.3, -0.25) is 0 Å². The first-order chi connectivity index (χ1) is 11.5. The lowest BCUT2D eigenvalue weighted by Crippen LogP contribution is -2.52. The standard InChI is InChI=1S/C17H22FNO4S/c1-2-10-22-12-13-3-8-16-17(13)23-11-9-19(16)24(20,21)15-6-4-14(18)5-7-15/h2,4-7,13,16-17H,1,3,8-12H2/t13-,16+,17+/m0/s1. The smallest absolute Gasteiger partial charge is 0.243 e. The van der Waals surface area contributed by atoms with Gasteiger partial charge in [-0.15, -0.1) is 6.58 Å². The Hall–Kier alpha value is -1.28. The van der Waals surface area contributed by atoms with E-state index in [0.717, 1.165) is 12.8 Å². The van der Waals surface area contributed by atoms with E-state index in [-0.39, 0.29) is 23.0 Å². The van der Waals surface area contributed by atoms with Crippen LogP contribution in [0.4, 0.5) is 4.39 Å². The summed E-state index contributed by atoms with van der Waals surface area (Å²) in [5.74, 6) is -0.268. The Balaban J connectivity index is 1.77. The molecule has 1 aliphatic carbocycles. The molecule has 0 N–H and O–H groups in total. The van der Waals surface area contributed by atoms with Gasteiger partial charge < -0.3 is 9.47 Å². The van der Waals surface area contributed by atoms with Crippen LogP contribution in [0.3, 0.4) is 0 Å². The number of rotatable bonds is 6. The van der Waals surface area contributed by atoms with Crippen molar-refractivity contribution in [3.05, 3.63) is 42.7 Å². The first kappa shape index (κ1) is 17.5. The molecule has 132 valence electrons. The third-order valence-corrected chi connectivity index (χ3v) is 6.60. The second kappa shape index (κ2) is 7.31. The van der Waals surface area contributed by atoms with Crippen LogP contribution in [0.25, 0.3) is 0 Å². The van der Waals surface area contributed by atoms with E-state index in [0.29, 0.717) is 26.4 Å². The van der Waals surface area contributed by atoms with Crippen LogP contribution in [0.15, 0.2) is 41.8 Å². The third kappa shape index (κ3) is 3.39. The van der Waals surface area contributed by atoms with E-state index < -0.39 is 15.8 Å². The Morgan fingerprint density at radius 2 is 2.08 bits per heavy atom. The lowest BCUT2D eigenvalue weighted by molar-refractivity contribution is -0.0605. The van der Waals surface area contributed by atoms with E-state index in [9.17, 15) is 12.8 Å². The van der Waals surface area contributed by atoms with Crippen molar-refractivity contribution in [3.63, 3.8) is 0 Å². The summed E-state index contributed by atoms with van der Waals surface area (Å²) >= 11 is 0. The fraction of sp³-hybridized carbons (Fsp3) is 0.529. The number of benzene rings is 1. The zero-order valence-electron chi connectivity index (χ0n) is 13.4. The quantitative estimate of drug-likeness (QED) is 0.580. The molecule has 3 rings (SSSR count). The molecule has 0 spiro atoms. The van der Waals surface area contributed by atoms with E-state index >= 15 is 0 Å². The fourth-order valence-electron chi connectivity index (χ4n) is 3.55. The number of ether oxygens (including phenoxy) is 2. The topological polar surface area (TPSA) is 55.8 Å². The number of fused-ring (bicyclic) bond motifs is 1. The molecule has 0 amide bonds. The number of sulfonamides is 1. The van der Waals surface area contributed by atoms with Gasteiger partial charge in [0, 0.05) is 12.5 Å². The minimum absolute atomic E-state index is 0.121. The SMILES string of the molecule is C=CCOC[C@@H]1CC[C@@H]2[C@@H]1OCCN2S(=O)(=O)c1ccc(F)cc1. The van der Waals surface area contributed by atoms with Crippen molar-refractivity contribution >= 4 is 10.0 Å². The Morgan fingerprint density at radius 3 is 2.79 bits per heavy atom. The van der Waals surface area contributed by atoms with Crippen LogP contribution in [0.1, 0.15) is 12.8 Å². The first-order valence-corrected chi connectivity index (χ1v) is 9.55.